The minimum absolute atomic E-state index is 0.276. The minimum Gasteiger partial charge on any atom is -0.490 e. The smallest absolute Gasteiger partial charge is 0.157 e. The fourth-order valence-corrected chi connectivity index (χ4v) is 2.49. The Morgan fingerprint density at radius 1 is 1.32 bits per heavy atom. The maximum absolute atomic E-state index is 10.0. The summed E-state index contributed by atoms with van der Waals surface area (Å²) in [6, 6.07) is 11.7. The number of nitrogens with two attached hydrogens (primary N) is 1. The number of aromatic amines is 1. The lowest BCUT2D eigenvalue weighted by Crippen LogP contribution is -2.85. The quantitative estimate of drug-likeness (QED) is 0.620. The highest BCUT2D eigenvalue weighted by Crippen LogP contribution is 2.26. The molecule has 3 aromatic rings. The zero-order valence-corrected chi connectivity index (χ0v) is 12.6. The van der Waals surface area contributed by atoms with Gasteiger partial charge in [0, 0.05) is 16.6 Å². The number of aliphatic hydroxyl groups excluding tert-OH is 1. The highest BCUT2D eigenvalue weighted by molar-refractivity contribution is 5.86. The van der Waals surface area contributed by atoms with Crippen molar-refractivity contribution >= 4 is 10.9 Å². The monoisotopic (exact) mass is 301 g/mol. The molecule has 1 aromatic carbocycles. The van der Waals surface area contributed by atoms with Crippen molar-refractivity contribution in [3.63, 3.8) is 0 Å². The molecular formula is C17H21N2O3+. The first-order chi connectivity index (χ1) is 10.7. The molecule has 3 rings (SSSR count). The van der Waals surface area contributed by atoms with Gasteiger partial charge in [0.1, 0.15) is 31.5 Å². The molecule has 0 amide bonds. The lowest BCUT2D eigenvalue weighted by molar-refractivity contribution is -0.678. The van der Waals surface area contributed by atoms with Crippen molar-refractivity contribution in [2.75, 3.05) is 13.2 Å². The van der Waals surface area contributed by atoms with Crippen molar-refractivity contribution in [1.82, 2.24) is 4.98 Å². The Kier molecular flexibility index (Phi) is 4.46. The van der Waals surface area contributed by atoms with Crippen LogP contribution in [0.15, 0.2) is 47.1 Å². The van der Waals surface area contributed by atoms with Crippen LogP contribution in [-0.2, 0) is 6.54 Å². The Morgan fingerprint density at radius 2 is 2.23 bits per heavy atom. The number of aliphatic hydroxyl groups is 1. The summed E-state index contributed by atoms with van der Waals surface area (Å²) in [5.74, 6) is 1.70. The number of hydrogen-bond acceptors (Lipinski definition) is 3. The van der Waals surface area contributed by atoms with E-state index >= 15 is 0 Å². The summed E-state index contributed by atoms with van der Waals surface area (Å²) in [7, 11) is 0. The van der Waals surface area contributed by atoms with Crippen LogP contribution in [0.4, 0.5) is 0 Å². The average Bonchev–Trinajstić information content (AvgIpc) is 3.13. The number of furan rings is 1. The summed E-state index contributed by atoms with van der Waals surface area (Å²) in [6.07, 6.45) is 1.13. The number of benzene rings is 1. The van der Waals surface area contributed by atoms with Gasteiger partial charge in [0.15, 0.2) is 5.76 Å². The fraction of sp³-hybridized carbons (Fsp3) is 0.294. The van der Waals surface area contributed by atoms with Crippen LogP contribution in [0, 0.1) is 6.92 Å². The van der Waals surface area contributed by atoms with Gasteiger partial charge in [-0.3, -0.25) is 0 Å². The molecule has 0 saturated carbocycles. The van der Waals surface area contributed by atoms with Crippen LogP contribution >= 0.6 is 0 Å². The molecule has 5 heteroatoms. The topological polar surface area (TPSA) is 75.0 Å². The lowest BCUT2D eigenvalue weighted by atomic mass is 10.2. The number of aromatic nitrogens is 1. The van der Waals surface area contributed by atoms with Gasteiger partial charge < -0.3 is 24.6 Å². The standard InChI is InChI=1S/C17H20N2O3/c1-12-8-15-16(19-12)5-2-6-17(15)22-11-13(20)9-18-10-14-4-3-7-21-14/h2-8,13,18-20H,9-11H2,1H3/p+1/t13-/m1/s1. The third-order valence-corrected chi connectivity index (χ3v) is 3.55. The van der Waals surface area contributed by atoms with Gasteiger partial charge in [-0.2, -0.15) is 0 Å². The predicted molar refractivity (Wildman–Crippen MR) is 83.7 cm³/mol. The number of H-pyrrole nitrogens is 1. The van der Waals surface area contributed by atoms with Crippen LogP contribution in [0.1, 0.15) is 11.5 Å². The second-order valence-electron chi connectivity index (χ2n) is 5.44. The summed E-state index contributed by atoms with van der Waals surface area (Å²) in [5.41, 5.74) is 2.15. The maximum atomic E-state index is 10.0. The van der Waals surface area contributed by atoms with Crippen LogP contribution in [0.25, 0.3) is 10.9 Å². The number of rotatable bonds is 7. The lowest BCUT2D eigenvalue weighted by Gasteiger charge is -2.11. The molecule has 0 aliphatic carbocycles. The summed E-state index contributed by atoms with van der Waals surface area (Å²) in [5, 5.41) is 13.1. The molecule has 22 heavy (non-hydrogen) atoms. The van der Waals surface area contributed by atoms with E-state index in [0.717, 1.165) is 34.7 Å². The second kappa shape index (κ2) is 6.68. The molecule has 0 aliphatic heterocycles. The van der Waals surface area contributed by atoms with E-state index in [1.54, 1.807) is 6.26 Å². The first-order valence-electron chi connectivity index (χ1n) is 7.45. The molecule has 5 nitrogen and oxygen atoms in total. The highest BCUT2D eigenvalue weighted by atomic mass is 16.5. The van der Waals surface area contributed by atoms with E-state index in [2.05, 4.69) is 11.1 Å². The van der Waals surface area contributed by atoms with Crippen LogP contribution < -0.4 is 10.1 Å². The van der Waals surface area contributed by atoms with Crippen molar-refractivity contribution in [3.8, 4) is 5.75 Å². The summed E-state index contributed by atoms with van der Waals surface area (Å²) in [4.78, 5) is 3.28. The number of fused-ring (bicyclic) bond motifs is 1. The van der Waals surface area contributed by atoms with Gasteiger partial charge in [0.05, 0.1) is 6.26 Å². The average molecular weight is 301 g/mol. The molecule has 0 unspecified atom stereocenters. The molecule has 0 radical (unpaired) electrons. The molecule has 0 spiro atoms. The Labute approximate surface area is 128 Å². The zero-order chi connectivity index (χ0) is 15.4. The van der Waals surface area contributed by atoms with E-state index in [9.17, 15) is 5.11 Å². The number of aryl methyl sites for hydroxylation is 1. The Hall–Kier alpha value is -2.24. The molecule has 2 aromatic heterocycles. The third kappa shape index (κ3) is 3.50. The van der Waals surface area contributed by atoms with Crippen molar-refractivity contribution in [2.45, 2.75) is 19.6 Å². The molecule has 0 bridgehead atoms. The SMILES string of the molecule is Cc1cc2c(OC[C@H](O)C[NH2+]Cc3ccco3)cccc2[nH]1. The summed E-state index contributed by atoms with van der Waals surface area (Å²) in [6.45, 7) is 3.58. The first kappa shape index (κ1) is 14.7. The van der Waals surface area contributed by atoms with Gasteiger partial charge in [0.25, 0.3) is 0 Å². The molecule has 0 fully saturated rings. The molecule has 116 valence electrons. The Morgan fingerprint density at radius 3 is 3.05 bits per heavy atom. The molecule has 0 saturated heterocycles. The highest BCUT2D eigenvalue weighted by Gasteiger charge is 2.10. The minimum atomic E-state index is -0.523. The van der Waals surface area contributed by atoms with Crippen LogP contribution in [0.3, 0.4) is 0 Å². The fourth-order valence-electron chi connectivity index (χ4n) is 2.49. The van der Waals surface area contributed by atoms with Crippen molar-refractivity contribution in [2.24, 2.45) is 0 Å². The van der Waals surface area contributed by atoms with Gasteiger partial charge in [-0.05, 0) is 37.3 Å². The van der Waals surface area contributed by atoms with Crippen molar-refractivity contribution in [1.29, 1.82) is 0 Å². The predicted octanol–water partition coefficient (Wildman–Crippen LogP) is 1.57. The van der Waals surface area contributed by atoms with Crippen LogP contribution in [-0.4, -0.2) is 29.3 Å². The van der Waals surface area contributed by atoms with Gasteiger partial charge >= 0.3 is 0 Å². The maximum Gasteiger partial charge on any atom is 0.157 e. The van der Waals surface area contributed by atoms with Gasteiger partial charge in [0.2, 0.25) is 0 Å². The van der Waals surface area contributed by atoms with E-state index in [1.807, 2.05) is 42.6 Å². The normalized spacial score (nSPS) is 12.6. The summed E-state index contributed by atoms with van der Waals surface area (Å²) >= 11 is 0. The Bertz CT molecular complexity index is 719. The van der Waals surface area contributed by atoms with Gasteiger partial charge in [-0.1, -0.05) is 6.07 Å². The summed E-state index contributed by atoms with van der Waals surface area (Å²) < 4.78 is 11.0. The van der Waals surface area contributed by atoms with E-state index < -0.39 is 6.10 Å². The van der Waals surface area contributed by atoms with Crippen LogP contribution in [0.5, 0.6) is 5.75 Å². The van der Waals surface area contributed by atoms with E-state index in [-0.39, 0.29) is 6.61 Å². The van der Waals surface area contributed by atoms with E-state index in [0.29, 0.717) is 6.54 Å². The molecule has 0 aliphatic rings. The van der Waals surface area contributed by atoms with Crippen LogP contribution in [0.2, 0.25) is 0 Å². The largest absolute Gasteiger partial charge is 0.490 e. The van der Waals surface area contributed by atoms with Gasteiger partial charge in [-0.15, -0.1) is 0 Å². The Balaban J connectivity index is 1.50. The zero-order valence-electron chi connectivity index (χ0n) is 12.6. The molecule has 2 heterocycles. The van der Waals surface area contributed by atoms with E-state index in [4.69, 9.17) is 9.15 Å². The second-order valence-corrected chi connectivity index (χ2v) is 5.44. The number of hydrogen-bond donors (Lipinski definition) is 3. The van der Waals surface area contributed by atoms with E-state index in [1.165, 1.54) is 0 Å². The number of nitrogens with one attached hydrogen (secondary N) is 1. The molecular weight excluding hydrogens is 280 g/mol. The number of quaternary nitrogens is 1. The number of ether oxygens (including phenoxy) is 1. The van der Waals surface area contributed by atoms with Crippen molar-refractivity contribution < 1.29 is 19.6 Å². The molecule has 1 atom stereocenters. The van der Waals surface area contributed by atoms with Gasteiger partial charge in [-0.25, -0.2) is 0 Å². The van der Waals surface area contributed by atoms with Crippen molar-refractivity contribution in [3.05, 3.63) is 54.1 Å². The molecule has 4 N–H and O–H groups in total. The third-order valence-electron chi connectivity index (χ3n) is 3.55. The first-order valence-corrected chi connectivity index (χ1v) is 7.45.